The minimum absolute atomic E-state index is 0.507. The molecule has 0 aromatic rings. The van der Waals surface area contributed by atoms with E-state index in [1.54, 1.807) is 0 Å². The van der Waals surface area contributed by atoms with E-state index in [-0.39, 0.29) is 0 Å². The highest BCUT2D eigenvalue weighted by molar-refractivity contribution is 8.69. The Morgan fingerprint density at radius 3 is 2.11 bits per heavy atom. The number of rotatable bonds is 10. The lowest BCUT2D eigenvalue weighted by Crippen LogP contribution is -2.20. The summed E-state index contributed by atoms with van der Waals surface area (Å²) in [5, 5.41) is 0. The van der Waals surface area contributed by atoms with Crippen LogP contribution in [0.25, 0.3) is 0 Å². The van der Waals surface area contributed by atoms with E-state index in [0.29, 0.717) is 16.5 Å². The van der Waals surface area contributed by atoms with E-state index in [1.165, 1.54) is 58.2 Å². The Morgan fingerprint density at radius 1 is 0.944 bits per heavy atom. The lowest BCUT2D eigenvalue weighted by atomic mass is 10.1. The first-order valence-corrected chi connectivity index (χ1v) is 9.86. The van der Waals surface area contributed by atoms with Crippen molar-refractivity contribution in [2.45, 2.75) is 51.4 Å². The van der Waals surface area contributed by atoms with Crippen LogP contribution < -0.4 is 0 Å². The van der Waals surface area contributed by atoms with Crippen LogP contribution in [0.2, 0.25) is 0 Å². The first-order valence-electron chi connectivity index (χ1n) is 6.92. The SMILES string of the molecule is O=S(=O)(O)SCCCCCCCCN1CCCC1. The van der Waals surface area contributed by atoms with Gasteiger partial charge in [0.1, 0.15) is 0 Å². The summed E-state index contributed by atoms with van der Waals surface area (Å²) in [5.41, 5.74) is 0. The monoisotopic (exact) mass is 295 g/mol. The summed E-state index contributed by atoms with van der Waals surface area (Å²) >= 11 is 0. The molecule has 0 aliphatic carbocycles. The molecule has 18 heavy (non-hydrogen) atoms. The van der Waals surface area contributed by atoms with Crippen LogP contribution >= 0.6 is 10.8 Å². The average molecular weight is 295 g/mol. The zero-order valence-corrected chi connectivity index (χ0v) is 12.6. The Hall–Kier alpha value is 0.220. The van der Waals surface area contributed by atoms with Crippen LogP contribution in [0, 0.1) is 0 Å². The molecule has 0 amide bonds. The van der Waals surface area contributed by atoms with E-state index in [0.717, 1.165) is 12.8 Å². The molecule has 0 aromatic carbocycles. The molecule has 1 saturated heterocycles. The summed E-state index contributed by atoms with van der Waals surface area (Å²) < 4.78 is 29.4. The molecule has 0 bridgehead atoms. The summed E-state index contributed by atoms with van der Waals surface area (Å²) in [6.45, 7) is 3.82. The smallest absolute Gasteiger partial charge is 0.303 e. The molecule has 0 aromatic heterocycles. The Labute approximate surface area is 115 Å². The fraction of sp³-hybridized carbons (Fsp3) is 1.00. The first-order chi connectivity index (χ1) is 8.58. The zero-order valence-electron chi connectivity index (χ0n) is 11.0. The van der Waals surface area contributed by atoms with Gasteiger partial charge >= 0.3 is 9.15 Å². The number of nitrogens with zero attached hydrogens (tertiary/aromatic N) is 1. The van der Waals surface area contributed by atoms with Crippen molar-refractivity contribution in [1.82, 2.24) is 4.90 Å². The minimum Gasteiger partial charge on any atom is -0.303 e. The molecule has 0 spiro atoms. The highest BCUT2D eigenvalue weighted by Crippen LogP contribution is 2.14. The lowest BCUT2D eigenvalue weighted by molar-refractivity contribution is 0.327. The quantitative estimate of drug-likeness (QED) is 0.381. The van der Waals surface area contributed by atoms with Crippen LogP contribution in [0.5, 0.6) is 0 Å². The van der Waals surface area contributed by atoms with Crippen molar-refractivity contribution in [3.8, 4) is 0 Å². The van der Waals surface area contributed by atoms with E-state index in [4.69, 9.17) is 4.55 Å². The summed E-state index contributed by atoms with van der Waals surface area (Å²) in [6.07, 6.45) is 9.65. The molecule has 0 unspecified atom stereocenters. The third kappa shape index (κ3) is 9.19. The van der Waals surface area contributed by atoms with Crippen molar-refractivity contribution in [3.05, 3.63) is 0 Å². The molecular formula is C12H25NO3S2. The van der Waals surface area contributed by atoms with Gasteiger partial charge in [0, 0.05) is 5.75 Å². The fourth-order valence-corrected chi connectivity index (χ4v) is 3.83. The van der Waals surface area contributed by atoms with Gasteiger partial charge in [0.05, 0.1) is 0 Å². The standard InChI is InChI=1S/C12H25NO3S2/c14-18(15,16)17-12-8-4-2-1-3-5-9-13-10-6-7-11-13/h1-12H2,(H,14,15,16). The topological polar surface area (TPSA) is 57.6 Å². The van der Waals surface area contributed by atoms with Crippen molar-refractivity contribution >= 4 is 19.9 Å². The summed E-state index contributed by atoms with van der Waals surface area (Å²) in [4.78, 5) is 2.54. The highest BCUT2D eigenvalue weighted by atomic mass is 33.1. The summed E-state index contributed by atoms with van der Waals surface area (Å²) in [5.74, 6) is 0.507. The van der Waals surface area contributed by atoms with E-state index in [2.05, 4.69) is 4.90 Å². The van der Waals surface area contributed by atoms with Crippen LogP contribution in [-0.4, -0.2) is 43.3 Å². The number of hydrogen-bond acceptors (Lipinski definition) is 4. The maximum absolute atomic E-state index is 10.4. The molecule has 6 heteroatoms. The minimum atomic E-state index is -3.82. The highest BCUT2D eigenvalue weighted by Gasteiger charge is 2.09. The maximum Gasteiger partial charge on any atom is 0.319 e. The van der Waals surface area contributed by atoms with Crippen LogP contribution in [0.15, 0.2) is 0 Å². The van der Waals surface area contributed by atoms with Crippen molar-refractivity contribution in [2.75, 3.05) is 25.4 Å². The number of hydrogen-bond donors (Lipinski definition) is 1. The molecule has 1 fully saturated rings. The molecular weight excluding hydrogens is 270 g/mol. The predicted molar refractivity (Wildman–Crippen MR) is 77.4 cm³/mol. The van der Waals surface area contributed by atoms with Crippen molar-refractivity contribution < 1.29 is 13.0 Å². The van der Waals surface area contributed by atoms with Gasteiger partial charge < -0.3 is 4.90 Å². The third-order valence-electron chi connectivity index (χ3n) is 3.30. The Balaban J connectivity index is 1.78. The van der Waals surface area contributed by atoms with Gasteiger partial charge in [-0.15, -0.1) is 0 Å². The van der Waals surface area contributed by atoms with E-state index in [1.807, 2.05) is 0 Å². The molecule has 4 nitrogen and oxygen atoms in total. The Kier molecular flexibility index (Phi) is 8.30. The predicted octanol–water partition coefficient (Wildman–Crippen LogP) is 2.96. The Bertz CT molecular complexity index is 300. The largest absolute Gasteiger partial charge is 0.319 e. The van der Waals surface area contributed by atoms with Gasteiger partial charge in [0.25, 0.3) is 0 Å². The van der Waals surface area contributed by atoms with Gasteiger partial charge in [-0.3, -0.25) is 4.55 Å². The maximum atomic E-state index is 10.4. The van der Waals surface area contributed by atoms with Crippen LogP contribution in [0.1, 0.15) is 51.4 Å². The number of likely N-dealkylation sites (tertiary alicyclic amines) is 1. The van der Waals surface area contributed by atoms with Gasteiger partial charge in [-0.2, -0.15) is 8.42 Å². The van der Waals surface area contributed by atoms with Gasteiger partial charge in [-0.25, -0.2) is 0 Å². The van der Waals surface area contributed by atoms with Gasteiger partial charge in [-0.1, -0.05) is 25.7 Å². The zero-order chi connectivity index (χ0) is 13.3. The molecule has 1 aliphatic rings. The average Bonchev–Trinajstić information content (AvgIpc) is 2.78. The van der Waals surface area contributed by atoms with Crippen LogP contribution in [0.3, 0.4) is 0 Å². The van der Waals surface area contributed by atoms with Gasteiger partial charge in [-0.05, 0) is 56.1 Å². The van der Waals surface area contributed by atoms with Gasteiger partial charge in [0.2, 0.25) is 0 Å². The molecule has 1 heterocycles. The van der Waals surface area contributed by atoms with Crippen molar-refractivity contribution in [2.24, 2.45) is 0 Å². The number of unbranched alkanes of at least 4 members (excludes halogenated alkanes) is 5. The lowest BCUT2D eigenvalue weighted by Gasteiger charge is -2.13. The summed E-state index contributed by atoms with van der Waals surface area (Å²) in [7, 11) is -3.18. The van der Waals surface area contributed by atoms with Crippen molar-refractivity contribution in [1.29, 1.82) is 0 Å². The molecule has 1 rings (SSSR count). The van der Waals surface area contributed by atoms with Gasteiger partial charge in [0.15, 0.2) is 0 Å². The fourth-order valence-electron chi connectivity index (χ4n) is 2.32. The van der Waals surface area contributed by atoms with E-state index >= 15 is 0 Å². The second-order valence-electron chi connectivity index (χ2n) is 4.92. The third-order valence-corrected chi connectivity index (χ3v) is 5.45. The summed E-state index contributed by atoms with van der Waals surface area (Å²) in [6, 6.07) is 0. The van der Waals surface area contributed by atoms with E-state index < -0.39 is 9.15 Å². The van der Waals surface area contributed by atoms with Crippen LogP contribution in [-0.2, 0) is 9.15 Å². The molecule has 1 aliphatic heterocycles. The molecule has 0 radical (unpaired) electrons. The second kappa shape index (κ2) is 9.18. The molecule has 1 N–H and O–H groups in total. The van der Waals surface area contributed by atoms with Crippen LogP contribution in [0.4, 0.5) is 0 Å². The van der Waals surface area contributed by atoms with E-state index in [9.17, 15) is 8.42 Å². The first kappa shape index (κ1) is 16.3. The second-order valence-corrected chi connectivity index (χ2v) is 8.39. The Morgan fingerprint density at radius 2 is 1.50 bits per heavy atom. The molecule has 0 saturated carbocycles. The molecule has 108 valence electrons. The van der Waals surface area contributed by atoms with Crippen molar-refractivity contribution in [3.63, 3.8) is 0 Å². The molecule has 0 atom stereocenters. The normalized spacial score (nSPS) is 17.4.